The maximum Gasteiger partial charge on any atom is 0.327 e. The summed E-state index contributed by atoms with van der Waals surface area (Å²) in [6.45, 7) is 0.712. The van der Waals surface area contributed by atoms with E-state index in [0.717, 1.165) is 29.2 Å². The van der Waals surface area contributed by atoms with Gasteiger partial charge in [0.1, 0.15) is 6.04 Å². The molecule has 5 heteroatoms. The first-order chi connectivity index (χ1) is 11.6. The lowest BCUT2D eigenvalue weighted by Crippen LogP contribution is -2.39. The number of amides is 3. The predicted octanol–water partition coefficient (Wildman–Crippen LogP) is 2.17. The van der Waals surface area contributed by atoms with Crippen molar-refractivity contribution >= 4 is 22.7 Å². The standard InChI is InChI=1S/C19H20N2O3/c22-16(11-13-7-8-14-4-1-2-5-15(14)10-13)12-21-18(23)17-6-3-9-20(17)19(21)24/h1-2,4-5,7-8,10,16-17,22H,3,6,9,11-12H2/t16-,17+/m0/s1. The van der Waals surface area contributed by atoms with Gasteiger partial charge in [0.25, 0.3) is 5.91 Å². The first-order valence-corrected chi connectivity index (χ1v) is 8.41. The van der Waals surface area contributed by atoms with Gasteiger partial charge in [0, 0.05) is 13.0 Å². The molecule has 2 aliphatic rings. The van der Waals surface area contributed by atoms with Crippen molar-refractivity contribution < 1.29 is 14.7 Å². The Morgan fingerprint density at radius 1 is 1.12 bits per heavy atom. The molecular weight excluding hydrogens is 304 g/mol. The Morgan fingerprint density at radius 3 is 2.71 bits per heavy atom. The van der Waals surface area contributed by atoms with Crippen LogP contribution in [-0.4, -0.2) is 52.1 Å². The van der Waals surface area contributed by atoms with Crippen LogP contribution in [-0.2, 0) is 11.2 Å². The molecule has 2 aromatic carbocycles. The summed E-state index contributed by atoms with van der Waals surface area (Å²) in [5, 5.41) is 12.6. The lowest BCUT2D eigenvalue weighted by atomic mass is 10.0. The lowest BCUT2D eigenvalue weighted by Gasteiger charge is -2.19. The number of fused-ring (bicyclic) bond motifs is 2. The van der Waals surface area contributed by atoms with Gasteiger partial charge in [-0.3, -0.25) is 9.69 Å². The Kier molecular flexibility index (Phi) is 3.73. The van der Waals surface area contributed by atoms with Crippen molar-refractivity contribution in [2.45, 2.75) is 31.4 Å². The summed E-state index contributed by atoms with van der Waals surface area (Å²) in [6.07, 6.45) is 1.29. The van der Waals surface area contributed by atoms with Crippen molar-refractivity contribution in [3.63, 3.8) is 0 Å². The molecule has 124 valence electrons. The fraction of sp³-hybridized carbons (Fsp3) is 0.368. The van der Waals surface area contributed by atoms with Gasteiger partial charge in [0.05, 0.1) is 12.6 Å². The molecule has 2 heterocycles. The van der Waals surface area contributed by atoms with Gasteiger partial charge in [-0.15, -0.1) is 0 Å². The van der Waals surface area contributed by atoms with Crippen LogP contribution in [0.5, 0.6) is 0 Å². The fourth-order valence-corrected chi connectivity index (χ4v) is 3.76. The highest BCUT2D eigenvalue weighted by atomic mass is 16.3. The van der Waals surface area contributed by atoms with Crippen molar-refractivity contribution in [2.24, 2.45) is 0 Å². The van der Waals surface area contributed by atoms with Gasteiger partial charge in [-0.2, -0.15) is 0 Å². The van der Waals surface area contributed by atoms with E-state index in [1.54, 1.807) is 4.90 Å². The Hall–Kier alpha value is -2.40. The molecule has 0 saturated carbocycles. The molecule has 2 saturated heterocycles. The molecule has 0 bridgehead atoms. The van der Waals surface area contributed by atoms with E-state index in [1.165, 1.54) is 4.90 Å². The highest BCUT2D eigenvalue weighted by Gasteiger charge is 2.47. The van der Waals surface area contributed by atoms with Gasteiger partial charge in [0.2, 0.25) is 0 Å². The number of hydrogen-bond acceptors (Lipinski definition) is 3. The van der Waals surface area contributed by atoms with Crippen molar-refractivity contribution in [1.29, 1.82) is 0 Å². The third kappa shape index (κ3) is 2.55. The Morgan fingerprint density at radius 2 is 1.92 bits per heavy atom. The largest absolute Gasteiger partial charge is 0.391 e. The highest BCUT2D eigenvalue weighted by Crippen LogP contribution is 2.27. The summed E-state index contributed by atoms with van der Waals surface area (Å²) in [5.41, 5.74) is 1.00. The van der Waals surface area contributed by atoms with Gasteiger partial charge < -0.3 is 10.0 Å². The Balaban J connectivity index is 1.45. The molecule has 2 fully saturated rings. The molecule has 0 radical (unpaired) electrons. The van der Waals surface area contributed by atoms with Gasteiger partial charge >= 0.3 is 6.03 Å². The van der Waals surface area contributed by atoms with Gasteiger partial charge in [-0.25, -0.2) is 4.79 Å². The molecule has 3 amide bonds. The summed E-state index contributed by atoms with van der Waals surface area (Å²) < 4.78 is 0. The number of hydrogen-bond donors (Lipinski definition) is 1. The fourth-order valence-electron chi connectivity index (χ4n) is 3.76. The molecule has 1 N–H and O–H groups in total. The van der Waals surface area contributed by atoms with Crippen molar-refractivity contribution in [1.82, 2.24) is 9.80 Å². The van der Waals surface area contributed by atoms with Crippen LogP contribution in [0, 0.1) is 0 Å². The molecule has 0 spiro atoms. The predicted molar refractivity (Wildman–Crippen MR) is 90.5 cm³/mol. The minimum atomic E-state index is -0.751. The second kappa shape index (κ2) is 5.91. The molecule has 2 aliphatic heterocycles. The topological polar surface area (TPSA) is 60.9 Å². The number of aliphatic hydroxyl groups is 1. The van der Waals surface area contributed by atoms with E-state index in [0.29, 0.717) is 13.0 Å². The van der Waals surface area contributed by atoms with Crippen LogP contribution in [0.15, 0.2) is 42.5 Å². The van der Waals surface area contributed by atoms with Crippen LogP contribution in [0.3, 0.4) is 0 Å². The second-order valence-corrected chi connectivity index (χ2v) is 6.62. The Bertz CT molecular complexity index is 782. The second-order valence-electron chi connectivity index (χ2n) is 6.62. The van der Waals surface area contributed by atoms with E-state index in [2.05, 4.69) is 0 Å². The van der Waals surface area contributed by atoms with Crippen LogP contribution < -0.4 is 0 Å². The maximum absolute atomic E-state index is 12.3. The minimum absolute atomic E-state index is 0.0670. The van der Waals surface area contributed by atoms with Crippen LogP contribution >= 0.6 is 0 Å². The number of rotatable bonds is 4. The molecule has 5 nitrogen and oxygen atoms in total. The van der Waals surface area contributed by atoms with Crippen LogP contribution in [0.1, 0.15) is 18.4 Å². The van der Waals surface area contributed by atoms with Crippen LogP contribution in [0.4, 0.5) is 4.79 Å². The van der Waals surface area contributed by atoms with Crippen molar-refractivity contribution in [3.05, 3.63) is 48.0 Å². The molecule has 2 aromatic rings. The Labute approximate surface area is 140 Å². The summed E-state index contributed by atoms with van der Waals surface area (Å²) in [6, 6.07) is 13.6. The lowest BCUT2D eigenvalue weighted by molar-refractivity contribution is -0.128. The van der Waals surface area contributed by atoms with Crippen LogP contribution in [0.25, 0.3) is 10.8 Å². The number of benzene rings is 2. The van der Waals surface area contributed by atoms with Gasteiger partial charge in [0.15, 0.2) is 0 Å². The van der Waals surface area contributed by atoms with Crippen LogP contribution in [0.2, 0.25) is 0 Å². The average molecular weight is 324 g/mol. The van der Waals surface area contributed by atoms with E-state index in [9.17, 15) is 14.7 Å². The molecule has 4 rings (SSSR count). The third-order valence-electron chi connectivity index (χ3n) is 4.96. The zero-order valence-corrected chi connectivity index (χ0v) is 13.4. The zero-order chi connectivity index (χ0) is 16.7. The number of β-amino-alcohol motifs (C(OH)–C–C–N with tert-alkyl or cyclic N) is 1. The van der Waals surface area contributed by atoms with E-state index in [1.807, 2.05) is 42.5 Å². The number of nitrogens with zero attached hydrogens (tertiary/aromatic N) is 2. The minimum Gasteiger partial charge on any atom is -0.391 e. The quantitative estimate of drug-likeness (QED) is 0.877. The molecule has 0 unspecified atom stereocenters. The maximum atomic E-state index is 12.3. The number of urea groups is 1. The highest BCUT2D eigenvalue weighted by molar-refractivity contribution is 6.04. The van der Waals surface area contributed by atoms with Crippen molar-refractivity contribution in [3.8, 4) is 0 Å². The van der Waals surface area contributed by atoms with Crippen molar-refractivity contribution in [2.75, 3.05) is 13.1 Å². The number of carbonyl (C=O) groups is 2. The number of imide groups is 1. The van der Waals surface area contributed by atoms with Gasteiger partial charge in [-0.05, 0) is 29.2 Å². The summed E-state index contributed by atoms with van der Waals surface area (Å²) in [4.78, 5) is 27.4. The third-order valence-corrected chi connectivity index (χ3v) is 4.96. The van der Waals surface area contributed by atoms with E-state index in [-0.39, 0.29) is 24.5 Å². The SMILES string of the molecule is O=C1[C@H]2CCCN2C(=O)N1C[C@@H](O)Cc1ccc2ccccc2c1. The molecule has 24 heavy (non-hydrogen) atoms. The van der Waals surface area contributed by atoms with E-state index >= 15 is 0 Å². The molecule has 0 aliphatic carbocycles. The van der Waals surface area contributed by atoms with E-state index in [4.69, 9.17) is 0 Å². The summed E-state index contributed by atoms with van der Waals surface area (Å²) >= 11 is 0. The van der Waals surface area contributed by atoms with Gasteiger partial charge in [-0.1, -0.05) is 42.5 Å². The number of carbonyl (C=O) groups excluding carboxylic acids is 2. The smallest absolute Gasteiger partial charge is 0.327 e. The first-order valence-electron chi connectivity index (χ1n) is 8.41. The van der Waals surface area contributed by atoms with E-state index < -0.39 is 6.10 Å². The first kappa shape index (κ1) is 15.1. The zero-order valence-electron chi connectivity index (χ0n) is 13.4. The molecule has 0 aromatic heterocycles. The molecule has 2 atom stereocenters. The number of aliphatic hydroxyl groups excluding tert-OH is 1. The normalized spacial score (nSPS) is 21.6. The summed E-state index contributed by atoms with van der Waals surface area (Å²) in [5.74, 6) is -0.157. The summed E-state index contributed by atoms with van der Waals surface area (Å²) in [7, 11) is 0. The monoisotopic (exact) mass is 324 g/mol. The average Bonchev–Trinajstić information content (AvgIpc) is 3.15. The molecular formula is C19H20N2O3.